The van der Waals surface area contributed by atoms with E-state index in [1.54, 1.807) is 5.51 Å². The molecule has 0 spiro atoms. The van der Waals surface area contributed by atoms with E-state index in [9.17, 15) is 0 Å². The molecule has 9 nitrogen and oxygen atoms in total. The average Bonchev–Trinajstić information content (AvgIpc) is 3.39. The Balaban J connectivity index is 1.34. The fraction of sp³-hybridized carbons (Fsp3) is 0.526. The fourth-order valence-electron chi connectivity index (χ4n) is 4.64. The highest BCUT2D eigenvalue weighted by atomic mass is 32.1. The van der Waals surface area contributed by atoms with E-state index in [1.807, 2.05) is 13.0 Å². The summed E-state index contributed by atoms with van der Waals surface area (Å²) in [5.41, 5.74) is 3.47. The lowest BCUT2D eigenvalue weighted by molar-refractivity contribution is 0.135. The Hall–Kier alpha value is -2.77. The molecule has 1 unspecified atom stereocenters. The number of thiazole rings is 1. The quantitative estimate of drug-likeness (QED) is 0.568. The van der Waals surface area contributed by atoms with Crippen LogP contribution < -0.4 is 10.6 Å². The van der Waals surface area contributed by atoms with Crippen LogP contribution >= 0.6 is 11.3 Å². The number of hydrogen-bond donors (Lipinski definition) is 3. The molecule has 2 aliphatic heterocycles. The smallest absolute Gasteiger partial charge is 0.227 e. The zero-order chi connectivity index (χ0) is 19.8. The number of H-pyrrole nitrogens is 1. The number of aromatic nitrogens is 5. The Morgan fingerprint density at radius 2 is 2.14 bits per heavy atom. The summed E-state index contributed by atoms with van der Waals surface area (Å²) in [6.07, 6.45) is 5.15. The van der Waals surface area contributed by atoms with Crippen molar-refractivity contribution < 1.29 is 0 Å². The average molecular weight is 410 g/mol. The van der Waals surface area contributed by atoms with E-state index in [2.05, 4.69) is 41.8 Å². The number of piperidine rings is 1. The molecule has 0 saturated carbocycles. The second-order valence-electron chi connectivity index (χ2n) is 7.81. The summed E-state index contributed by atoms with van der Waals surface area (Å²) >= 11 is 1.52. The monoisotopic (exact) mass is 409 g/mol. The van der Waals surface area contributed by atoms with Gasteiger partial charge < -0.3 is 10.6 Å². The molecule has 29 heavy (non-hydrogen) atoms. The summed E-state index contributed by atoms with van der Waals surface area (Å²) in [5.74, 6) is 2.06. The highest BCUT2D eigenvalue weighted by Crippen LogP contribution is 2.37. The van der Waals surface area contributed by atoms with Crippen molar-refractivity contribution in [2.45, 2.75) is 57.2 Å². The third-order valence-electron chi connectivity index (χ3n) is 5.84. The van der Waals surface area contributed by atoms with Crippen LogP contribution in [0, 0.1) is 18.3 Å². The maximum absolute atomic E-state index is 8.92. The van der Waals surface area contributed by atoms with Crippen molar-refractivity contribution in [3.8, 4) is 6.07 Å². The molecule has 2 saturated heterocycles. The van der Waals surface area contributed by atoms with Crippen LogP contribution in [-0.2, 0) is 0 Å². The van der Waals surface area contributed by atoms with Gasteiger partial charge in [0.05, 0.1) is 11.6 Å². The molecular weight excluding hydrogens is 386 g/mol. The Bertz CT molecular complexity index is 1040. The van der Waals surface area contributed by atoms with E-state index in [-0.39, 0.29) is 0 Å². The van der Waals surface area contributed by atoms with Crippen LogP contribution in [0.2, 0.25) is 0 Å². The molecule has 3 aromatic rings. The van der Waals surface area contributed by atoms with Gasteiger partial charge in [0, 0.05) is 42.9 Å². The normalized spacial score (nSPS) is 23.9. The largest absolute Gasteiger partial charge is 0.351 e. The van der Waals surface area contributed by atoms with E-state index < -0.39 is 0 Å². The van der Waals surface area contributed by atoms with Crippen molar-refractivity contribution in [3.63, 3.8) is 0 Å². The van der Waals surface area contributed by atoms with Crippen LogP contribution in [0.25, 0.3) is 10.3 Å². The molecular formula is C19H23N9S. The standard InChI is InChI=1S/C19H23N9S/c1-11-7-15(27-26-11)23-18-16-17(21-10-29-16)24-19(25-18)22-12-8-13-3-4-14(9-12)28(13)6-2-5-20/h7,10,12-14H,2-4,6,8-9H2,1H3,(H3,22,23,24,25,26,27)/t12-,13-,14?/m0/s1. The summed E-state index contributed by atoms with van der Waals surface area (Å²) < 4.78 is 0.919. The van der Waals surface area contributed by atoms with Crippen molar-refractivity contribution >= 4 is 39.3 Å². The summed E-state index contributed by atoms with van der Waals surface area (Å²) in [5, 5.41) is 22.9. The molecule has 0 radical (unpaired) electrons. The van der Waals surface area contributed by atoms with Gasteiger partial charge >= 0.3 is 0 Å². The summed E-state index contributed by atoms with van der Waals surface area (Å²) in [4.78, 5) is 16.3. The molecule has 3 N–H and O–H groups in total. The lowest BCUT2D eigenvalue weighted by Gasteiger charge is -2.38. The van der Waals surface area contributed by atoms with Crippen LogP contribution in [0.5, 0.6) is 0 Å². The topological polar surface area (TPSA) is 118 Å². The van der Waals surface area contributed by atoms with Crippen molar-refractivity contribution in [3.05, 3.63) is 17.3 Å². The Labute approximate surface area is 172 Å². The number of nitriles is 1. The molecule has 5 heterocycles. The number of hydrogen-bond acceptors (Lipinski definition) is 9. The minimum Gasteiger partial charge on any atom is -0.351 e. The van der Waals surface area contributed by atoms with Crippen molar-refractivity contribution in [2.75, 3.05) is 17.2 Å². The summed E-state index contributed by atoms with van der Waals surface area (Å²) in [6.45, 7) is 2.85. The lowest BCUT2D eigenvalue weighted by atomic mass is 9.97. The van der Waals surface area contributed by atoms with Gasteiger partial charge in [-0.15, -0.1) is 11.3 Å². The molecule has 2 fully saturated rings. The van der Waals surface area contributed by atoms with Gasteiger partial charge in [-0.1, -0.05) is 0 Å². The minimum absolute atomic E-state index is 0.336. The third kappa shape index (κ3) is 3.63. The first-order valence-corrected chi connectivity index (χ1v) is 10.9. The Morgan fingerprint density at radius 1 is 1.31 bits per heavy atom. The van der Waals surface area contributed by atoms with Gasteiger partial charge in [0.1, 0.15) is 4.70 Å². The van der Waals surface area contributed by atoms with E-state index in [0.717, 1.165) is 41.4 Å². The van der Waals surface area contributed by atoms with Crippen molar-refractivity contribution in [1.29, 1.82) is 5.26 Å². The zero-order valence-electron chi connectivity index (χ0n) is 16.2. The van der Waals surface area contributed by atoms with Gasteiger partial charge in [0.25, 0.3) is 0 Å². The number of nitrogens with one attached hydrogen (secondary N) is 3. The molecule has 2 aliphatic rings. The molecule has 2 bridgehead atoms. The van der Waals surface area contributed by atoms with E-state index >= 15 is 0 Å². The molecule has 0 aromatic carbocycles. The molecule has 3 atom stereocenters. The highest BCUT2D eigenvalue weighted by Gasteiger charge is 2.40. The molecule has 10 heteroatoms. The number of nitrogens with zero attached hydrogens (tertiary/aromatic N) is 6. The number of rotatable bonds is 6. The van der Waals surface area contributed by atoms with E-state index in [0.29, 0.717) is 36.1 Å². The lowest BCUT2D eigenvalue weighted by Crippen LogP contribution is -2.47. The number of anilines is 3. The first-order chi connectivity index (χ1) is 14.2. The van der Waals surface area contributed by atoms with Crippen LogP contribution in [0.1, 0.15) is 37.8 Å². The Morgan fingerprint density at radius 3 is 2.86 bits per heavy atom. The van der Waals surface area contributed by atoms with Crippen LogP contribution in [0.4, 0.5) is 17.6 Å². The van der Waals surface area contributed by atoms with Crippen molar-refractivity contribution in [1.82, 2.24) is 30.0 Å². The predicted molar refractivity (Wildman–Crippen MR) is 112 cm³/mol. The second kappa shape index (κ2) is 7.57. The number of aryl methyl sites for hydroxylation is 1. The molecule has 3 aromatic heterocycles. The molecule has 0 aliphatic carbocycles. The first-order valence-electron chi connectivity index (χ1n) is 9.99. The maximum atomic E-state index is 8.92. The summed E-state index contributed by atoms with van der Waals surface area (Å²) in [6, 6.07) is 5.65. The van der Waals surface area contributed by atoms with Gasteiger partial charge in [-0.3, -0.25) is 10.00 Å². The van der Waals surface area contributed by atoms with Gasteiger partial charge in [-0.25, -0.2) is 4.98 Å². The fourth-order valence-corrected chi connectivity index (χ4v) is 5.31. The molecule has 5 rings (SSSR count). The van der Waals surface area contributed by atoms with Gasteiger partial charge in [-0.2, -0.15) is 20.3 Å². The minimum atomic E-state index is 0.336. The van der Waals surface area contributed by atoms with E-state index in [1.165, 1.54) is 24.2 Å². The van der Waals surface area contributed by atoms with Crippen molar-refractivity contribution in [2.24, 2.45) is 0 Å². The zero-order valence-corrected chi connectivity index (χ0v) is 17.0. The summed E-state index contributed by atoms with van der Waals surface area (Å²) in [7, 11) is 0. The number of fused-ring (bicyclic) bond motifs is 3. The molecule has 0 amide bonds. The Kier molecular flexibility index (Phi) is 4.77. The van der Waals surface area contributed by atoms with Gasteiger partial charge in [-0.05, 0) is 32.6 Å². The number of aromatic amines is 1. The third-order valence-corrected chi connectivity index (χ3v) is 6.67. The van der Waals surface area contributed by atoms with Crippen LogP contribution in [0.15, 0.2) is 11.6 Å². The SMILES string of the molecule is Cc1cc(Nc2nc(N[C@@H]3CC4CC[C@@H](C3)N4CCC#N)nc3ncsc23)n[nH]1. The predicted octanol–water partition coefficient (Wildman–Crippen LogP) is 3.18. The van der Waals surface area contributed by atoms with Crippen LogP contribution in [0.3, 0.4) is 0 Å². The second-order valence-corrected chi connectivity index (χ2v) is 8.66. The van der Waals surface area contributed by atoms with Crippen LogP contribution in [-0.4, -0.2) is 54.7 Å². The highest BCUT2D eigenvalue weighted by molar-refractivity contribution is 7.17. The molecule has 150 valence electrons. The van der Waals surface area contributed by atoms with Gasteiger partial charge in [0.15, 0.2) is 17.3 Å². The maximum Gasteiger partial charge on any atom is 0.227 e. The van der Waals surface area contributed by atoms with Gasteiger partial charge in [0.2, 0.25) is 5.95 Å². The van der Waals surface area contributed by atoms with E-state index in [4.69, 9.17) is 10.2 Å². The first kappa shape index (κ1) is 18.3.